The van der Waals surface area contributed by atoms with Gasteiger partial charge in [0.1, 0.15) is 19.0 Å². The van der Waals surface area contributed by atoms with Crippen molar-refractivity contribution in [3.8, 4) is 0 Å². The van der Waals surface area contributed by atoms with Crippen LogP contribution in [0, 0.1) is 5.92 Å². The molecule has 1 fully saturated rings. The van der Waals surface area contributed by atoms with Gasteiger partial charge in [-0.1, -0.05) is 74.2 Å². The summed E-state index contributed by atoms with van der Waals surface area (Å²) in [7, 11) is 1.88. The van der Waals surface area contributed by atoms with Gasteiger partial charge in [0.15, 0.2) is 11.5 Å². The quantitative estimate of drug-likeness (QED) is 0.125. The fourth-order valence-corrected chi connectivity index (χ4v) is 6.03. The number of hydrogen-bond acceptors (Lipinski definition) is 10. The average molecular weight is 677 g/mol. The molecule has 2 amide bonds. The second-order valence-corrected chi connectivity index (χ2v) is 12.1. The second kappa shape index (κ2) is 16.4. The molecule has 12 heteroatoms. The van der Waals surface area contributed by atoms with Crippen LogP contribution in [-0.4, -0.2) is 52.9 Å². The van der Waals surface area contributed by atoms with Gasteiger partial charge in [-0.3, -0.25) is 9.59 Å². The maximum atomic E-state index is 13.5. The molecule has 12 nitrogen and oxygen atoms in total. The van der Waals surface area contributed by atoms with Crippen molar-refractivity contribution < 1.29 is 28.7 Å². The number of nitrogens with two attached hydrogens (primary N) is 1. The molecule has 1 aliphatic rings. The van der Waals surface area contributed by atoms with Crippen molar-refractivity contribution in [1.82, 2.24) is 15.3 Å². The monoisotopic (exact) mass is 676 g/mol. The zero-order valence-electron chi connectivity index (χ0n) is 28.0. The van der Waals surface area contributed by atoms with Crippen molar-refractivity contribution >= 4 is 41.1 Å². The minimum atomic E-state index is -0.809. The summed E-state index contributed by atoms with van der Waals surface area (Å²) in [5.74, 6) is -1.89. The van der Waals surface area contributed by atoms with E-state index in [1.54, 1.807) is 6.07 Å². The van der Waals surface area contributed by atoms with E-state index in [4.69, 9.17) is 20.2 Å². The molecule has 0 aliphatic heterocycles. The third-order valence-electron chi connectivity index (χ3n) is 8.77. The minimum Gasteiger partial charge on any atom is -0.457 e. The first-order valence-corrected chi connectivity index (χ1v) is 16.3. The molecule has 0 bridgehead atoms. The maximum absolute atomic E-state index is 13.5. The normalized spacial score (nSPS) is 16.8. The number of hydrogen-bond donors (Lipinski definition) is 3. The minimum absolute atomic E-state index is 0.00335. The third kappa shape index (κ3) is 8.70. The summed E-state index contributed by atoms with van der Waals surface area (Å²) < 4.78 is 11.1. The molecule has 0 saturated heterocycles. The Balaban J connectivity index is 1.42. The molecular weight excluding hydrogens is 636 g/mol. The number of anilines is 3. The summed E-state index contributed by atoms with van der Waals surface area (Å²) in [4.78, 5) is 62.2. The van der Waals surface area contributed by atoms with Crippen LogP contribution in [0.4, 0.5) is 17.3 Å². The van der Waals surface area contributed by atoms with Gasteiger partial charge in [-0.25, -0.2) is 19.6 Å². The highest BCUT2D eigenvalue weighted by molar-refractivity contribution is 6.04. The molecule has 1 unspecified atom stereocenters. The lowest BCUT2D eigenvalue weighted by molar-refractivity contribution is -0.117. The fraction of sp³-hybridized carbons (Fsp3) is 0.263. The van der Waals surface area contributed by atoms with Crippen LogP contribution in [0.15, 0.2) is 97.7 Å². The highest BCUT2D eigenvalue weighted by Gasteiger charge is 2.34. The summed E-state index contributed by atoms with van der Waals surface area (Å²) >= 11 is 0. The Kier molecular flexibility index (Phi) is 11.6. The third-order valence-corrected chi connectivity index (χ3v) is 8.77. The molecule has 1 aliphatic carbocycles. The van der Waals surface area contributed by atoms with Gasteiger partial charge in [0.05, 0.1) is 17.3 Å². The van der Waals surface area contributed by atoms with E-state index >= 15 is 0 Å². The number of carbonyl (C=O) groups is 4. The van der Waals surface area contributed by atoms with Crippen LogP contribution in [0.5, 0.6) is 0 Å². The smallest absolute Gasteiger partial charge is 0.339 e. The molecule has 1 saturated carbocycles. The SMILES string of the molecule is C=CC(=O)NC1CCC[C@@H](N(C)c2cnc(C(N)=O)c(Nc3ccc(C(=O)OCc4ccccc4)c(C(=O)OCc4ccccc4)c3)n2)[C@H]1C. The largest absolute Gasteiger partial charge is 0.457 e. The van der Waals surface area contributed by atoms with Gasteiger partial charge in [0.25, 0.3) is 5.91 Å². The molecule has 0 spiro atoms. The first kappa shape index (κ1) is 35.3. The van der Waals surface area contributed by atoms with Crippen LogP contribution in [0.1, 0.15) is 68.5 Å². The average Bonchev–Trinajstić information content (AvgIpc) is 3.14. The van der Waals surface area contributed by atoms with Crippen LogP contribution in [-0.2, 0) is 27.5 Å². The van der Waals surface area contributed by atoms with Gasteiger partial charge in [0, 0.05) is 24.8 Å². The predicted octanol–water partition coefficient (Wildman–Crippen LogP) is 5.33. The summed E-state index contributed by atoms with van der Waals surface area (Å²) in [6.45, 7) is 5.62. The lowest BCUT2D eigenvalue weighted by Crippen LogP contribution is -2.51. The Hall–Kier alpha value is -6.04. The summed E-state index contributed by atoms with van der Waals surface area (Å²) in [6.07, 6.45) is 5.33. The summed E-state index contributed by atoms with van der Waals surface area (Å²) in [6, 6.07) is 22.7. The molecule has 3 aromatic carbocycles. The van der Waals surface area contributed by atoms with Crippen LogP contribution in [0.25, 0.3) is 0 Å². The fourth-order valence-electron chi connectivity index (χ4n) is 6.03. The molecular formula is C38H40N6O6. The number of carbonyl (C=O) groups excluding carboxylic acids is 4. The molecule has 3 atom stereocenters. The molecule has 1 aromatic heterocycles. The van der Waals surface area contributed by atoms with Crippen LogP contribution in [0.2, 0.25) is 0 Å². The summed E-state index contributed by atoms with van der Waals surface area (Å²) in [5, 5.41) is 6.09. The Labute approximate surface area is 290 Å². The zero-order chi connectivity index (χ0) is 35.6. The second-order valence-electron chi connectivity index (χ2n) is 12.1. The Bertz CT molecular complexity index is 1850. The number of nitrogens with one attached hydrogen (secondary N) is 2. The van der Waals surface area contributed by atoms with Crippen LogP contribution >= 0.6 is 0 Å². The highest BCUT2D eigenvalue weighted by Crippen LogP contribution is 2.32. The van der Waals surface area contributed by atoms with Gasteiger partial charge in [0.2, 0.25) is 5.91 Å². The van der Waals surface area contributed by atoms with Crippen molar-refractivity contribution in [2.24, 2.45) is 11.7 Å². The molecule has 50 heavy (non-hydrogen) atoms. The number of benzene rings is 3. The van der Waals surface area contributed by atoms with E-state index in [1.165, 1.54) is 24.4 Å². The Morgan fingerprint density at radius 1 is 0.920 bits per heavy atom. The number of ether oxygens (including phenoxy) is 2. The van der Waals surface area contributed by atoms with E-state index in [-0.39, 0.29) is 59.8 Å². The molecule has 1 heterocycles. The highest BCUT2D eigenvalue weighted by atomic mass is 16.5. The van der Waals surface area contributed by atoms with Gasteiger partial charge in [-0.2, -0.15) is 0 Å². The molecule has 258 valence electrons. The zero-order valence-corrected chi connectivity index (χ0v) is 28.0. The first-order valence-electron chi connectivity index (χ1n) is 16.3. The Morgan fingerprint density at radius 3 is 2.14 bits per heavy atom. The van der Waals surface area contributed by atoms with E-state index in [0.29, 0.717) is 11.5 Å². The van der Waals surface area contributed by atoms with E-state index in [1.807, 2.05) is 72.6 Å². The van der Waals surface area contributed by atoms with Gasteiger partial charge in [-0.05, 0) is 60.6 Å². The van der Waals surface area contributed by atoms with E-state index in [9.17, 15) is 19.2 Å². The van der Waals surface area contributed by atoms with Gasteiger partial charge in [-0.15, -0.1) is 0 Å². The van der Waals surface area contributed by atoms with Gasteiger partial charge < -0.3 is 30.7 Å². The lowest BCUT2D eigenvalue weighted by atomic mass is 9.81. The number of nitrogens with zero attached hydrogens (tertiary/aromatic N) is 3. The van der Waals surface area contributed by atoms with Crippen molar-refractivity contribution in [2.45, 2.75) is 51.5 Å². The Morgan fingerprint density at radius 2 is 1.54 bits per heavy atom. The molecule has 0 radical (unpaired) electrons. The predicted molar refractivity (Wildman–Crippen MR) is 189 cm³/mol. The number of amides is 2. The number of primary amides is 1. The van der Waals surface area contributed by atoms with E-state index in [0.717, 1.165) is 30.4 Å². The number of esters is 2. The molecule has 5 rings (SSSR count). The van der Waals surface area contributed by atoms with Crippen LogP contribution in [0.3, 0.4) is 0 Å². The lowest BCUT2D eigenvalue weighted by Gasteiger charge is -2.41. The number of rotatable bonds is 13. The standard InChI is InChI=1S/C38H40N6O6/c1-4-33(45)42-30-16-11-17-31(24(30)2)44(3)32-21-40-34(35(39)46)36(43-32)41-27-18-19-28(37(47)49-22-25-12-7-5-8-13-25)29(20-27)38(48)50-23-26-14-9-6-10-15-26/h4-10,12-15,18-21,24,30-31H,1,11,16-17,22-23H2,2-3H3,(H2,39,46)(H,41,43)(H,42,45)/t24-,30?,31+/m0/s1. The van der Waals surface area contributed by atoms with Crippen molar-refractivity contribution in [2.75, 3.05) is 17.3 Å². The van der Waals surface area contributed by atoms with Crippen molar-refractivity contribution in [1.29, 1.82) is 0 Å². The van der Waals surface area contributed by atoms with E-state index < -0.39 is 17.8 Å². The molecule has 4 aromatic rings. The van der Waals surface area contributed by atoms with Crippen molar-refractivity contribution in [3.05, 3.63) is 126 Å². The van der Waals surface area contributed by atoms with Crippen molar-refractivity contribution in [3.63, 3.8) is 0 Å². The first-order chi connectivity index (χ1) is 24.1. The summed E-state index contributed by atoms with van der Waals surface area (Å²) in [5.41, 5.74) is 7.40. The molecule has 4 N–H and O–H groups in total. The number of aromatic nitrogens is 2. The maximum Gasteiger partial charge on any atom is 0.339 e. The topological polar surface area (TPSA) is 166 Å². The van der Waals surface area contributed by atoms with E-state index in [2.05, 4.69) is 29.1 Å². The van der Waals surface area contributed by atoms with Gasteiger partial charge >= 0.3 is 11.9 Å². The van der Waals surface area contributed by atoms with Crippen LogP contribution < -0.4 is 21.3 Å².